The van der Waals surface area contributed by atoms with Crippen molar-refractivity contribution >= 4 is 0 Å². The van der Waals surface area contributed by atoms with Crippen LogP contribution in [0.4, 0.5) is 0 Å². The summed E-state index contributed by atoms with van der Waals surface area (Å²) in [7, 11) is 1.92. The monoisotopic (exact) mass is 211 g/mol. The first kappa shape index (κ1) is 12.2. The van der Waals surface area contributed by atoms with Gasteiger partial charge >= 0.3 is 0 Å². The van der Waals surface area contributed by atoms with Crippen molar-refractivity contribution in [3.63, 3.8) is 0 Å². The molecule has 0 aliphatic carbocycles. The van der Waals surface area contributed by atoms with Crippen LogP contribution in [-0.4, -0.2) is 27.0 Å². The number of hydrogen-bond donors (Lipinski definition) is 2. The van der Waals surface area contributed by atoms with Gasteiger partial charge in [0, 0.05) is 26.3 Å². The van der Waals surface area contributed by atoms with Gasteiger partial charge in [0.25, 0.3) is 0 Å². The van der Waals surface area contributed by atoms with E-state index >= 15 is 0 Å². The van der Waals surface area contributed by atoms with Gasteiger partial charge in [0.1, 0.15) is 0 Å². The van der Waals surface area contributed by atoms with Crippen molar-refractivity contribution in [3.8, 4) is 0 Å². The van der Waals surface area contributed by atoms with E-state index < -0.39 is 5.60 Å². The van der Waals surface area contributed by atoms with Crippen LogP contribution in [-0.2, 0) is 13.6 Å². The standard InChI is InChI=1S/C11H21N3O/c1-4-11(15,5-2)9-12-8-10-6-7-13-14(10)3/h6-7,12,15H,4-5,8-9H2,1-3H3. The quantitative estimate of drug-likeness (QED) is 0.740. The third kappa shape index (κ3) is 3.32. The average molecular weight is 211 g/mol. The molecule has 1 rings (SSSR count). The number of nitrogens with zero attached hydrogens (tertiary/aromatic N) is 2. The molecule has 4 nitrogen and oxygen atoms in total. The molecule has 0 radical (unpaired) electrons. The molecule has 4 heteroatoms. The van der Waals surface area contributed by atoms with E-state index in [2.05, 4.69) is 10.4 Å². The summed E-state index contributed by atoms with van der Waals surface area (Å²) in [5.74, 6) is 0. The molecule has 1 heterocycles. The molecule has 0 unspecified atom stereocenters. The first-order chi connectivity index (χ1) is 7.11. The molecule has 0 aliphatic rings. The smallest absolute Gasteiger partial charge is 0.0766 e. The van der Waals surface area contributed by atoms with Gasteiger partial charge in [-0.25, -0.2) is 0 Å². The van der Waals surface area contributed by atoms with E-state index in [1.165, 1.54) is 0 Å². The normalized spacial score (nSPS) is 12.0. The van der Waals surface area contributed by atoms with E-state index in [1.54, 1.807) is 6.20 Å². The second-order valence-corrected chi connectivity index (χ2v) is 3.98. The van der Waals surface area contributed by atoms with Gasteiger partial charge < -0.3 is 10.4 Å². The topological polar surface area (TPSA) is 50.1 Å². The van der Waals surface area contributed by atoms with Crippen LogP contribution >= 0.6 is 0 Å². The molecule has 2 N–H and O–H groups in total. The number of rotatable bonds is 6. The van der Waals surface area contributed by atoms with Crippen LogP contribution in [0.1, 0.15) is 32.4 Å². The highest BCUT2D eigenvalue weighted by atomic mass is 16.3. The Balaban J connectivity index is 2.36. The number of aryl methyl sites for hydroxylation is 1. The van der Waals surface area contributed by atoms with Crippen LogP contribution in [0.25, 0.3) is 0 Å². The lowest BCUT2D eigenvalue weighted by molar-refractivity contribution is 0.0321. The molecule has 86 valence electrons. The minimum Gasteiger partial charge on any atom is -0.389 e. The van der Waals surface area contributed by atoms with Gasteiger partial charge in [-0.15, -0.1) is 0 Å². The Morgan fingerprint density at radius 1 is 1.47 bits per heavy atom. The minimum absolute atomic E-state index is 0.571. The Bertz CT molecular complexity index is 292. The molecule has 0 aliphatic heterocycles. The van der Waals surface area contributed by atoms with E-state index in [4.69, 9.17) is 0 Å². The summed E-state index contributed by atoms with van der Waals surface area (Å²) >= 11 is 0. The highest BCUT2D eigenvalue weighted by Gasteiger charge is 2.21. The fourth-order valence-corrected chi connectivity index (χ4v) is 1.50. The highest BCUT2D eigenvalue weighted by Crippen LogP contribution is 2.12. The summed E-state index contributed by atoms with van der Waals surface area (Å²) in [6, 6.07) is 1.98. The molecule has 0 atom stereocenters. The summed E-state index contributed by atoms with van der Waals surface area (Å²) in [5, 5.41) is 17.4. The molecule has 15 heavy (non-hydrogen) atoms. The van der Waals surface area contributed by atoms with Gasteiger partial charge in [-0.1, -0.05) is 13.8 Å². The van der Waals surface area contributed by atoms with Crippen molar-refractivity contribution < 1.29 is 5.11 Å². The molecule has 0 fully saturated rings. The molecule has 0 saturated carbocycles. The third-order valence-corrected chi connectivity index (χ3v) is 3.00. The Labute approximate surface area is 91.3 Å². The van der Waals surface area contributed by atoms with Crippen molar-refractivity contribution in [2.24, 2.45) is 7.05 Å². The van der Waals surface area contributed by atoms with E-state index in [0.717, 1.165) is 25.1 Å². The summed E-state index contributed by atoms with van der Waals surface area (Å²) in [5.41, 5.74) is 0.558. The van der Waals surface area contributed by atoms with Crippen LogP contribution in [0.15, 0.2) is 12.3 Å². The van der Waals surface area contributed by atoms with Crippen molar-refractivity contribution in [2.45, 2.75) is 38.8 Å². The maximum atomic E-state index is 10.0. The van der Waals surface area contributed by atoms with Gasteiger partial charge in [0.2, 0.25) is 0 Å². The Morgan fingerprint density at radius 3 is 2.60 bits per heavy atom. The number of aliphatic hydroxyl groups is 1. The van der Waals surface area contributed by atoms with Crippen molar-refractivity contribution in [1.29, 1.82) is 0 Å². The maximum Gasteiger partial charge on any atom is 0.0766 e. The lowest BCUT2D eigenvalue weighted by Gasteiger charge is -2.25. The molecule has 0 saturated heterocycles. The van der Waals surface area contributed by atoms with Crippen molar-refractivity contribution in [2.75, 3.05) is 6.54 Å². The lowest BCUT2D eigenvalue weighted by Crippen LogP contribution is -2.39. The minimum atomic E-state index is -0.571. The molecule has 1 aromatic heterocycles. The highest BCUT2D eigenvalue weighted by molar-refractivity contribution is 4.99. The zero-order valence-corrected chi connectivity index (χ0v) is 9.82. The van der Waals surface area contributed by atoms with Crippen LogP contribution in [0.3, 0.4) is 0 Å². The first-order valence-electron chi connectivity index (χ1n) is 5.51. The lowest BCUT2D eigenvalue weighted by atomic mass is 9.98. The molecule has 0 amide bonds. The van der Waals surface area contributed by atoms with Gasteiger partial charge in [-0.05, 0) is 18.9 Å². The summed E-state index contributed by atoms with van der Waals surface area (Å²) in [6.07, 6.45) is 3.34. The molecule has 0 spiro atoms. The van der Waals surface area contributed by atoms with Crippen LogP contribution in [0.5, 0.6) is 0 Å². The molecular weight excluding hydrogens is 190 g/mol. The zero-order valence-electron chi connectivity index (χ0n) is 9.82. The second kappa shape index (κ2) is 5.28. The van der Waals surface area contributed by atoms with Crippen LogP contribution in [0, 0.1) is 0 Å². The van der Waals surface area contributed by atoms with E-state index in [0.29, 0.717) is 6.54 Å². The first-order valence-corrected chi connectivity index (χ1v) is 5.51. The van der Waals surface area contributed by atoms with Crippen molar-refractivity contribution in [1.82, 2.24) is 15.1 Å². The van der Waals surface area contributed by atoms with E-state index in [1.807, 2.05) is 31.6 Å². The number of nitrogens with one attached hydrogen (secondary N) is 1. The Morgan fingerprint density at radius 2 is 2.13 bits per heavy atom. The molecule has 0 aromatic carbocycles. The number of hydrogen-bond acceptors (Lipinski definition) is 3. The predicted octanol–water partition coefficient (Wildman–Crippen LogP) is 1.06. The molecular formula is C11H21N3O. The Hall–Kier alpha value is -0.870. The maximum absolute atomic E-state index is 10.0. The fourth-order valence-electron chi connectivity index (χ4n) is 1.50. The van der Waals surface area contributed by atoms with E-state index in [9.17, 15) is 5.11 Å². The summed E-state index contributed by atoms with van der Waals surface area (Å²) in [4.78, 5) is 0. The molecule has 0 bridgehead atoms. The molecule has 1 aromatic rings. The predicted molar refractivity (Wildman–Crippen MR) is 60.4 cm³/mol. The average Bonchev–Trinajstić information content (AvgIpc) is 2.64. The van der Waals surface area contributed by atoms with E-state index in [-0.39, 0.29) is 0 Å². The SMILES string of the molecule is CCC(O)(CC)CNCc1ccnn1C. The second-order valence-electron chi connectivity index (χ2n) is 3.98. The van der Waals surface area contributed by atoms with Gasteiger partial charge in [-0.3, -0.25) is 4.68 Å². The number of aromatic nitrogens is 2. The van der Waals surface area contributed by atoms with Crippen molar-refractivity contribution in [3.05, 3.63) is 18.0 Å². The van der Waals surface area contributed by atoms with Gasteiger partial charge in [0.05, 0.1) is 11.3 Å². The van der Waals surface area contributed by atoms with Crippen LogP contribution < -0.4 is 5.32 Å². The summed E-state index contributed by atoms with van der Waals surface area (Å²) in [6.45, 7) is 5.40. The fraction of sp³-hybridized carbons (Fsp3) is 0.727. The van der Waals surface area contributed by atoms with Gasteiger partial charge in [0.15, 0.2) is 0 Å². The van der Waals surface area contributed by atoms with Crippen LogP contribution in [0.2, 0.25) is 0 Å². The Kier molecular flexibility index (Phi) is 4.29. The third-order valence-electron chi connectivity index (χ3n) is 3.00. The summed E-state index contributed by atoms with van der Waals surface area (Å²) < 4.78 is 1.84. The van der Waals surface area contributed by atoms with Gasteiger partial charge in [-0.2, -0.15) is 5.10 Å². The largest absolute Gasteiger partial charge is 0.389 e. The zero-order chi connectivity index (χ0) is 11.3.